The van der Waals surface area contributed by atoms with E-state index in [0.717, 1.165) is 0 Å². The van der Waals surface area contributed by atoms with E-state index in [-0.39, 0.29) is 11.8 Å². The quantitative estimate of drug-likeness (QED) is 0.689. The molecule has 0 saturated heterocycles. The highest BCUT2D eigenvalue weighted by Gasteiger charge is 2.48. The first-order valence-electron chi connectivity index (χ1n) is 4.02. The van der Waals surface area contributed by atoms with Crippen molar-refractivity contribution in [3.8, 4) is 0 Å². The predicted molar refractivity (Wildman–Crippen MR) is 43.5 cm³/mol. The molecule has 0 aromatic heterocycles. The summed E-state index contributed by atoms with van der Waals surface area (Å²) in [6.45, 7) is 5.48. The van der Waals surface area contributed by atoms with E-state index >= 15 is 0 Å². The number of oxime groups is 1. The lowest BCUT2D eigenvalue weighted by Crippen LogP contribution is -2.38. The lowest BCUT2D eigenvalue weighted by atomic mass is 9.86. The van der Waals surface area contributed by atoms with Gasteiger partial charge in [-0.1, -0.05) is 25.9 Å². The largest absolute Gasteiger partial charge is 0.354 e. The van der Waals surface area contributed by atoms with Gasteiger partial charge in [0.2, 0.25) is 0 Å². The van der Waals surface area contributed by atoms with Gasteiger partial charge in [-0.05, 0) is 0 Å². The number of nitrogens with zero attached hydrogens (tertiary/aromatic N) is 1. The highest BCUT2D eigenvalue weighted by atomic mass is 19.3. The van der Waals surface area contributed by atoms with Crippen LogP contribution in [0.4, 0.5) is 8.78 Å². The molecule has 5 heteroatoms. The van der Waals surface area contributed by atoms with Crippen molar-refractivity contribution in [2.24, 2.45) is 10.6 Å². The maximum atomic E-state index is 12.2. The Balaban J connectivity index is 2.72. The summed E-state index contributed by atoms with van der Waals surface area (Å²) in [5.74, 6) is -2.41. The minimum atomic E-state index is -2.93. The van der Waals surface area contributed by atoms with Crippen LogP contribution in [0.1, 0.15) is 27.2 Å². The van der Waals surface area contributed by atoms with Crippen molar-refractivity contribution in [2.45, 2.75) is 39.4 Å². The van der Waals surface area contributed by atoms with Crippen molar-refractivity contribution in [1.29, 1.82) is 0 Å². The molecule has 0 bridgehead atoms. The molecule has 0 spiro atoms. The van der Waals surface area contributed by atoms with Crippen LogP contribution in [0, 0.1) is 5.41 Å². The van der Waals surface area contributed by atoms with Gasteiger partial charge in [-0.3, -0.25) is 0 Å². The van der Waals surface area contributed by atoms with Crippen LogP contribution < -0.4 is 0 Å². The monoisotopic (exact) mass is 193 g/mol. The predicted octanol–water partition coefficient (Wildman–Crippen LogP) is 1.76. The molecule has 0 aliphatic carbocycles. The molecule has 1 unspecified atom stereocenters. The van der Waals surface area contributed by atoms with Crippen LogP contribution >= 0.6 is 0 Å². The Kier molecular flexibility index (Phi) is 2.32. The van der Waals surface area contributed by atoms with Gasteiger partial charge < -0.3 is 9.94 Å². The standard InChI is InChI=1S/C8H13F2NO2/c1-7(2,3)5-4-8(12,6(9)10)13-11-5/h6,12H,4H2,1-3H3. The van der Waals surface area contributed by atoms with Crippen molar-refractivity contribution >= 4 is 5.71 Å². The van der Waals surface area contributed by atoms with Gasteiger partial charge in [0.1, 0.15) is 0 Å². The fraction of sp³-hybridized carbons (Fsp3) is 0.875. The topological polar surface area (TPSA) is 41.8 Å². The van der Waals surface area contributed by atoms with E-state index in [4.69, 9.17) is 0 Å². The van der Waals surface area contributed by atoms with Gasteiger partial charge in [0.15, 0.2) is 0 Å². The van der Waals surface area contributed by atoms with Crippen molar-refractivity contribution in [3.63, 3.8) is 0 Å². The highest BCUT2D eigenvalue weighted by molar-refractivity contribution is 5.90. The first-order valence-corrected chi connectivity index (χ1v) is 4.02. The van der Waals surface area contributed by atoms with Crippen LogP contribution in [0.25, 0.3) is 0 Å². The molecule has 1 N–H and O–H groups in total. The highest BCUT2D eigenvalue weighted by Crippen LogP contribution is 2.33. The van der Waals surface area contributed by atoms with Crippen LogP contribution in [0.2, 0.25) is 0 Å². The number of halogens is 2. The number of hydrogen-bond acceptors (Lipinski definition) is 3. The molecular formula is C8H13F2NO2. The molecule has 0 fully saturated rings. The third-order valence-corrected chi connectivity index (χ3v) is 1.94. The zero-order chi connectivity index (χ0) is 10.3. The van der Waals surface area contributed by atoms with Gasteiger partial charge >= 0.3 is 12.2 Å². The van der Waals surface area contributed by atoms with Crippen LogP contribution in [-0.2, 0) is 4.84 Å². The van der Waals surface area contributed by atoms with E-state index in [1.165, 1.54) is 0 Å². The lowest BCUT2D eigenvalue weighted by molar-refractivity contribution is -0.253. The molecule has 1 aliphatic heterocycles. The van der Waals surface area contributed by atoms with Crippen LogP contribution in [0.3, 0.4) is 0 Å². The Bertz CT molecular complexity index is 235. The molecule has 0 saturated carbocycles. The second-order valence-corrected chi connectivity index (χ2v) is 4.20. The van der Waals surface area contributed by atoms with E-state index in [0.29, 0.717) is 5.71 Å². The molecule has 0 radical (unpaired) electrons. The van der Waals surface area contributed by atoms with E-state index in [9.17, 15) is 13.9 Å². The zero-order valence-electron chi connectivity index (χ0n) is 7.84. The maximum Gasteiger partial charge on any atom is 0.305 e. The Morgan fingerprint density at radius 3 is 2.31 bits per heavy atom. The number of alkyl halides is 2. The zero-order valence-corrected chi connectivity index (χ0v) is 7.84. The van der Waals surface area contributed by atoms with Crippen molar-refractivity contribution < 1.29 is 18.7 Å². The average molecular weight is 193 g/mol. The molecule has 1 atom stereocenters. The first kappa shape index (κ1) is 10.4. The van der Waals surface area contributed by atoms with Crippen molar-refractivity contribution in [1.82, 2.24) is 0 Å². The number of hydrogen-bond donors (Lipinski definition) is 1. The van der Waals surface area contributed by atoms with Crippen LogP contribution in [-0.4, -0.2) is 23.0 Å². The summed E-state index contributed by atoms with van der Waals surface area (Å²) in [6.07, 6.45) is -3.16. The normalized spacial score (nSPS) is 29.0. The Morgan fingerprint density at radius 1 is 1.54 bits per heavy atom. The first-order chi connectivity index (χ1) is 5.76. The van der Waals surface area contributed by atoms with Gasteiger partial charge in [-0.2, -0.15) is 0 Å². The molecule has 0 aromatic rings. The lowest BCUT2D eigenvalue weighted by Gasteiger charge is -2.20. The molecule has 1 heterocycles. The second-order valence-electron chi connectivity index (χ2n) is 4.20. The van der Waals surface area contributed by atoms with Crippen molar-refractivity contribution in [3.05, 3.63) is 0 Å². The molecule has 76 valence electrons. The van der Waals surface area contributed by atoms with Crippen molar-refractivity contribution in [2.75, 3.05) is 0 Å². The van der Waals surface area contributed by atoms with E-state index in [1.54, 1.807) is 0 Å². The van der Waals surface area contributed by atoms with Gasteiger partial charge in [-0.15, -0.1) is 0 Å². The molecule has 1 aliphatic rings. The third kappa shape index (κ3) is 1.96. The molecule has 13 heavy (non-hydrogen) atoms. The van der Waals surface area contributed by atoms with E-state index in [1.807, 2.05) is 20.8 Å². The summed E-state index contributed by atoms with van der Waals surface area (Å²) < 4.78 is 24.5. The fourth-order valence-electron chi connectivity index (χ4n) is 0.958. The molecular weight excluding hydrogens is 180 g/mol. The van der Waals surface area contributed by atoms with Gasteiger partial charge in [0, 0.05) is 5.41 Å². The number of aliphatic hydroxyl groups is 1. The molecule has 3 nitrogen and oxygen atoms in total. The Labute approximate surface area is 75.4 Å². The smallest absolute Gasteiger partial charge is 0.305 e. The summed E-state index contributed by atoms with van der Waals surface area (Å²) in [5.41, 5.74) is 0.106. The minimum Gasteiger partial charge on any atom is -0.354 e. The van der Waals surface area contributed by atoms with Gasteiger partial charge in [-0.25, -0.2) is 8.78 Å². The summed E-state index contributed by atoms with van der Waals surface area (Å²) in [4.78, 5) is 4.33. The summed E-state index contributed by atoms with van der Waals surface area (Å²) in [7, 11) is 0. The third-order valence-electron chi connectivity index (χ3n) is 1.94. The molecule has 0 amide bonds. The summed E-state index contributed by atoms with van der Waals surface area (Å²) in [6, 6.07) is 0. The van der Waals surface area contributed by atoms with Crippen LogP contribution in [0.5, 0.6) is 0 Å². The summed E-state index contributed by atoms with van der Waals surface area (Å²) >= 11 is 0. The van der Waals surface area contributed by atoms with E-state index in [2.05, 4.69) is 9.99 Å². The molecule has 0 aromatic carbocycles. The van der Waals surface area contributed by atoms with Gasteiger partial charge in [0.25, 0.3) is 0 Å². The van der Waals surface area contributed by atoms with Crippen LogP contribution in [0.15, 0.2) is 5.16 Å². The Hall–Kier alpha value is -0.710. The maximum absolute atomic E-state index is 12.2. The molecule has 1 rings (SSSR count). The summed E-state index contributed by atoms with van der Waals surface area (Å²) in [5, 5.41) is 12.7. The average Bonchev–Trinajstić information content (AvgIpc) is 2.31. The second kappa shape index (κ2) is 2.90. The fourth-order valence-corrected chi connectivity index (χ4v) is 0.958. The van der Waals surface area contributed by atoms with E-state index < -0.39 is 12.2 Å². The minimum absolute atomic E-state index is 0.228. The number of rotatable bonds is 1. The SMILES string of the molecule is CC(C)(C)C1=NOC(O)(C(F)F)C1. The Morgan fingerprint density at radius 2 is 2.08 bits per heavy atom. The van der Waals surface area contributed by atoms with Gasteiger partial charge in [0.05, 0.1) is 12.1 Å².